The molecule has 0 aliphatic carbocycles. The molecule has 0 radical (unpaired) electrons. The van der Waals surface area contributed by atoms with Crippen molar-refractivity contribution in [1.29, 1.82) is 0 Å². The van der Waals surface area contributed by atoms with E-state index in [9.17, 15) is 4.79 Å². The Kier molecular flexibility index (Phi) is 4.01. The third-order valence-electron chi connectivity index (χ3n) is 3.83. The first-order chi connectivity index (χ1) is 10.1. The number of aromatic nitrogens is 4. The molecule has 21 heavy (non-hydrogen) atoms. The van der Waals surface area contributed by atoms with Crippen molar-refractivity contribution < 1.29 is 4.79 Å². The summed E-state index contributed by atoms with van der Waals surface area (Å²) in [6, 6.07) is 0. The van der Waals surface area contributed by atoms with Crippen LogP contribution < -0.4 is 5.32 Å². The van der Waals surface area contributed by atoms with Crippen LogP contribution >= 0.6 is 11.3 Å². The predicted octanol–water partition coefficient (Wildman–Crippen LogP) is 1.27. The highest BCUT2D eigenvalue weighted by atomic mass is 32.1. The Morgan fingerprint density at radius 2 is 2.38 bits per heavy atom. The van der Waals surface area contributed by atoms with Crippen molar-refractivity contribution in [2.75, 3.05) is 6.54 Å². The molecule has 0 bridgehead atoms. The van der Waals surface area contributed by atoms with Crippen LogP contribution in [0.2, 0.25) is 0 Å². The van der Waals surface area contributed by atoms with Crippen LogP contribution in [0.15, 0.2) is 5.51 Å². The molecule has 1 unspecified atom stereocenters. The van der Waals surface area contributed by atoms with E-state index in [1.54, 1.807) is 11.3 Å². The second-order valence-electron chi connectivity index (χ2n) is 5.39. The van der Waals surface area contributed by atoms with Crippen molar-refractivity contribution in [1.82, 2.24) is 25.1 Å². The number of carbonyl (C=O) groups is 1. The first-order valence-corrected chi connectivity index (χ1v) is 8.08. The monoisotopic (exact) mass is 305 g/mol. The van der Waals surface area contributed by atoms with E-state index in [-0.39, 0.29) is 11.8 Å². The Labute approximate surface area is 127 Å². The summed E-state index contributed by atoms with van der Waals surface area (Å²) in [5.74, 6) is 1.90. The molecule has 7 heteroatoms. The zero-order valence-electron chi connectivity index (χ0n) is 12.3. The van der Waals surface area contributed by atoms with Crippen molar-refractivity contribution in [3.63, 3.8) is 0 Å². The minimum Gasteiger partial charge on any atom is -0.355 e. The fourth-order valence-electron chi connectivity index (χ4n) is 2.66. The van der Waals surface area contributed by atoms with Crippen LogP contribution in [-0.4, -0.2) is 32.2 Å². The molecule has 112 valence electrons. The summed E-state index contributed by atoms with van der Waals surface area (Å²) < 4.78 is 1.87. The van der Waals surface area contributed by atoms with E-state index >= 15 is 0 Å². The molecule has 6 nitrogen and oxygen atoms in total. The number of nitrogens with one attached hydrogen (secondary N) is 1. The number of thiazole rings is 1. The van der Waals surface area contributed by atoms with Gasteiger partial charge in [0.1, 0.15) is 11.6 Å². The molecule has 1 aliphatic heterocycles. The van der Waals surface area contributed by atoms with Gasteiger partial charge in [0, 0.05) is 24.3 Å². The molecule has 0 fully saturated rings. The molecule has 3 rings (SSSR count). The van der Waals surface area contributed by atoms with E-state index in [4.69, 9.17) is 0 Å². The third kappa shape index (κ3) is 3.12. The standard InChI is InChI=1S/C14H19N5OS/c1-9-12(21-8-16-9)5-6-15-14(20)11-3-4-13-17-10(2)18-19(13)7-11/h8,11H,3-7H2,1-2H3,(H,15,20). The van der Waals surface area contributed by atoms with Crippen molar-refractivity contribution in [2.45, 2.75) is 39.7 Å². The van der Waals surface area contributed by atoms with Crippen LogP contribution in [0.1, 0.15) is 28.6 Å². The zero-order chi connectivity index (χ0) is 14.8. The summed E-state index contributed by atoms with van der Waals surface area (Å²) in [7, 11) is 0. The Balaban J connectivity index is 1.51. The molecule has 1 amide bonds. The summed E-state index contributed by atoms with van der Waals surface area (Å²) in [5, 5.41) is 7.37. The molecule has 3 heterocycles. The van der Waals surface area contributed by atoms with Gasteiger partial charge in [-0.25, -0.2) is 14.6 Å². The summed E-state index contributed by atoms with van der Waals surface area (Å²) in [6.45, 7) is 5.20. The first kappa shape index (κ1) is 14.2. The number of amides is 1. The number of nitrogens with zero attached hydrogens (tertiary/aromatic N) is 4. The highest BCUT2D eigenvalue weighted by Crippen LogP contribution is 2.18. The van der Waals surface area contributed by atoms with E-state index in [1.807, 2.05) is 24.0 Å². The predicted molar refractivity (Wildman–Crippen MR) is 80.1 cm³/mol. The molecule has 0 saturated carbocycles. The van der Waals surface area contributed by atoms with E-state index in [0.29, 0.717) is 13.1 Å². The van der Waals surface area contributed by atoms with Gasteiger partial charge >= 0.3 is 0 Å². The van der Waals surface area contributed by atoms with Crippen molar-refractivity contribution in [3.8, 4) is 0 Å². The third-order valence-corrected chi connectivity index (χ3v) is 4.83. The van der Waals surface area contributed by atoms with Crippen LogP contribution in [0, 0.1) is 19.8 Å². The van der Waals surface area contributed by atoms with Gasteiger partial charge in [-0.2, -0.15) is 5.10 Å². The molecule has 2 aromatic heterocycles. The van der Waals surface area contributed by atoms with Gasteiger partial charge in [-0.1, -0.05) is 0 Å². The highest BCUT2D eigenvalue weighted by molar-refractivity contribution is 7.09. The molecular weight excluding hydrogens is 286 g/mol. The molecule has 0 aromatic carbocycles. The van der Waals surface area contributed by atoms with Gasteiger partial charge < -0.3 is 5.32 Å². The van der Waals surface area contributed by atoms with Gasteiger partial charge in [-0.05, 0) is 20.3 Å². The number of fused-ring (bicyclic) bond motifs is 1. The maximum atomic E-state index is 12.2. The quantitative estimate of drug-likeness (QED) is 0.923. The van der Waals surface area contributed by atoms with Gasteiger partial charge in [-0.15, -0.1) is 11.3 Å². The second-order valence-corrected chi connectivity index (χ2v) is 6.33. The Morgan fingerprint density at radius 3 is 3.14 bits per heavy atom. The van der Waals surface area contributed by atoms with Crippen LogP contribution in [0.5, 0.6) is 0 Å². The van der Waals surface area contributed by atoms with Crippen LogP contribution in [0.3, 0.4) is 0 Å². The Bertz CT molecular complexity index is 648. The number of aryl methyl sites for hydroxylation is 3. The van der Waals surface area contributed by atoms with Crippen LogP contribution in [0.25, 0.3) is 0 Å². The second kappa shape index (κ2) is 5.93. The fraction of sp³-hybridized carbons (Fsp3) is 0.571. The number of rotatable bonds is 4. The van der Waals surface area contributed by atoms with Gasteiger partial charge in [0.25, 0.3) is 0 Å². The van der Waals surface area contributed by atoms with Crippen molar-refractivity contribution >= 4 is 17.2 Å². The maximum absolute atomic E-state index is 12.2. The minimum atomic E-state index is 0.00107. The number of hydrogen-bond acceptors (Lipinski definition) is 5. The topological polar surface area (TPSA) is 72.7 Å². The lowest BCUT2D eigenvalue weighted by Gasteiger charge is -2.21. The van der Waals surface area contributed by atoms with Gasteiger partial charge in [0.05, 0.1) is 23.7 Å². The molecule has 1 aliphatic rings. The molecule has 0 saturated heterocycles. The molecule has 1 N–H and O–H groups in total. The van der Waals surface area contributed by atoms with E-state index in [2.05, 4.69) is 20.4 Å². The Morgan fingerprint density at radius 1 is 1.52 bits per heavy atom. The van der Waals surface area contributed by atoms with E-state index < -0.39 is 0 Å². The molecular formula is C14H19N5OS. The average Bonchev–Trinajstić information content (AvgIpc) is 3.02. The lowest BCUT2D eigenvalue weighted by Crippen LogP contribution is -2.37. The van der Waals surface area contributed by atoms with E-state index in [0.717, 1.165) is 36.6 Å². The summed E-state index contributed by atoms with van der Waals surface area (Å²) in [6.07, 6.45) is 2.53. The SMILES string of the molecule is Cc1nc2n(n1)CC(C(=O)NCCc1scnc1C)CC2. The first-order valence-electron chi connectivity index (χ1n) is 7.20. The average molecular weight is 305 g/mol. The number of hydrogen-bond donors (Lipinski definition) is 1. The zero-order valence-corrected chi connectivity index (χ0v) is 13.1. The van der Waals surface area contributed by atoms with E-state index in [1.165, 1.54) is 4.88 Å². The van der Waals surface area contributed by atoms with Crippen molar-refractivity contribution in [2.24, 2.45) is 5.92 Å². The van der Waals surface area contributed by atoms with Crippen molar-refractivity contribution in [3.05, 3.63) is 27.7 Å². The maximum Gasteiger partial charge on any atom is 0.225 e. The normalized spacial score (nSPS) is 17.5. The Hall–Kier alpha value is -1.76. The largest absolute Gasteiger partial charge is 0.355 e. The minimum absolute atomic E-state index is 0.00107. The van der Waals surface area contributed by atoms with Crippen LogP contribution in [-0.2, 0) is 24.2 Å². The highest BCUT2D eigenvalue weighted by Gasteiger charge is 2.26. The fourth-order valence-corrected chi connectivity index (χ4v) is 3.44. The lowest BCUT2D eigenvalue weighted by molar-refractivity contribution is -0.126. The van der Waals surface area contributed by atoms with Gasteiger partial charge in [0.2, 0.25) is 5.91 Å². The molecule has 1 atom stereocenters. The molecule has 2 aromatic rings. The smallest absolute Gasteiger partial charge is 0.225 e. The number of carbonyl (C=O) groups excluding carboxylic acids is 1. The lowest BCUT2D eigenvalue weighted by atomic mass is 9.99. The van der Waals surface area contributed by atoms with Gasteiger partial charge in [0.15, 0.2) is 0 Å². The summed E-state index contributed by atoms with van der Waals surface area (Å²) in [4.78, 5) is 22.1. The summed E-state index contributed by atoms with van der Waals surface area (Å²) >= 11 is 1.65. The molecule has 0 spiro atoms. The van der Waals surface area contributed by atoms with Gasteiger partial charge in [-0.3, -0.25) is 4.79 Å². The van der Waals surface area contributed by atoms with Crippen LogP contribution in [0.4, 0.5) is 0 Å². The summed E-state index contributed by atoms with van der Waals surface area (Å²) in [5.41, 5.74) is 2.91.